The Kier molecular flexibility index (Phi) is 5.54. The minimum atomic E-state index is 0.656. The molecule has 1 fully saturated rings. The van der Waals surface area contributed by atoms with Crippen LogP contribution in [0.4, 0.5) is 0 Å². The van der Waals surface area contributed by atoms with E-state index in [9.17, 15) is 0 Å². The molecule has 0 spiro atoms. The molecule has 3 heteroatoms. The number of nitrogens with zero attached hydrogens (tertiary/aromatic N) is 1. The SMILES string of the molecule is CCCC(C)CN(CCC(N)=S)C1CC1. The second-order valence-electron chi connectivity index (χ2n) is 4.84. The van der Waals surface area contributed by atoms with E-state index in [1.165, 1.54) is 32.2 Å². The van der Waals surface area contributed by atoms with E-state index < -0.39 is 0 Å². The third-order valence-electron chi connectivity index (χ3n) is 3.04. The number of hydrogen-bond donors (Lipinski definition) is 1. The smallest absolute Gasteiger partial charge is 0.0740 e. The third-order valence-corrected chi connectivity index (χ3v) is 3.24. The lowest BCUT2D eigenvalue weighted by Gasteiger charge is -2.25. The summed E-state index contributed by atoms with van der Waals surface area (Å²) >= 11 is 4.94. The summed E-state index contributed by atoms with van der Waals surface area (Å²) in [6.45, 7) is 6.89. The molecule has 0 aromatic carbocycles. The van der Waals surface area contributed by atoms with Gasteiger partial charge in [-0.1, -0.05) is 32.5 Å². The van der Waals surface area contributed by atoms with Gasteiger partial charge >= 0.3 is 0 Å². The molecule has 0 saturated heterocycles. The maximum Gasteiger partial charge on any atom is 0.0740 e. The minimum absolute atomic E-state index is 0.656. The van der Waals surface area contributed by atoms with Crippen molar-refractivity contribution < 1.29 is 0 Å². The molecule has 1 atom stereocenters. The second-order valence-corrected chi connectivity index (χ2v) is 5.36. The lowest BCUT2D eigenvalue weighted by molar-refractivity contribution is 0.228. The second kappa shape index (κ2) is 6.44. The standard InChI is InChI=1S/C12H24N2S/c1-3-4-10(2)9-14(11-5-6-11)8-7-12(13)15/h10-11H,3-9H2,1-2H3,(H2,13,15). The zero-order valence-corrected chi connectivity index (χ0v) is 10.9. The number of nitrogens with two attached hydrogens (primary N) is 1. The van der Waals surface area contributed by atoms with Crippen molar-refractivity contribution in [2.24, 2.45) is 11.7 Å². The fourth-order valence-electron chi connectivity index (χ4n) is 2.10. The van der Waals surface area contributed by atoms with Gasteiger partial charge in [0.05, 0.1) is 4.99 Å². The highest BCUT2D eigenvalue weighted by molar-refractivity contribution is 7.80. The van der Waals surface area contributed by atoms with Crippen molar-refractivity contribution in [1.29, 1.82) is 0 Å². The van der Waals surface area contributed by atoms with Gasteiger partial charge in [0, 0.05) is 25.6 Å². The molecule has 2 N–H and O–H groups in total. The fraction of sp³-hybridized carbons (Fsp3) is 0.917. The van der Waals surface area contributed by atoms with Gasteiger partial charge in [-0.3, -0.25) is 4.90 Å². The van der Waals surface area contributed by atoms with E-state index in [0.29, 0.717) is 4.99 Å². The molecule has 0 aromatic heterocycles. The summed E-state index contributed by atoms with van der Waals surface area (Å²) in [4.78, 5) is 3.24. The van der Waals surface area contributed by atoms with Gasteiger partial charge in [-0.15, -0.1) is 0 Å². The fourth-order valence-corrected chi connectivity index (χ4v) is 2.19. The summed E-state index contributed by atoms with van der Waals surface area (Å²) in [5.41, 5.74) is 5.56. The van der Waals surface area contributed by atoms with Crippen LogP contribution in [0, 0.1) is 5.92 Å². The quantitative estimate of drug-likeness (QED) is 0.647. The van der Waals surface area contributed by atoms with Crippen LogP contribution in [0.15, 0.2) is 0 Å². The van der Waals surface area contributed by atoms with Gasteiger partial charge in [0.25, 0.3) is 0 Å². The van der Waals surface area contributed by atoms with Crippen LogP contribution in [0.1, 0.15) is 46.0 Å². The Morgan fingerprint density at radius 3 is 2.67 bits per heavy atom. The first-order valence-corrected chi connectivity index (χ1v) is 6.56. The van der Waals surface area contributed by atoms with Gasteiger partial charge in [-0.25, -0.2) is 0 Å². The topological polar surface area (TPSA) is 29.3 Å². The normalized spacial score (nSPS) is 18.1. The zero-order valence-electron chi connectivity index (χ0n) is 10.0. The van der Waals surface area contributed by atoms with Gasteiger partial charge in [-0.05, 0) is 25.2 Å². The van der Waals surface area contributed by atoms with Gasteiger partial charge < -0.3 is 5.73 Å². The molecular formula is C12H24N2S. The van der Waals surface area contributed by atoms with Crippen LogP contribution in [0.2, 0.25) is 0 Å². The Labute approximate surface area is 99.2 Å². The summed E-state index contributed by atoms with van der Waals surface area (Å²) in [6, 6.07) is 0.832. The molecule has 1 unspecified atom stereocenters. The summed E-state index contributed by atoms with van der Waals surface area (Å²) in [5, 5.41) is 0. The summed E-state index contributed by atoms with van der Waals surface area (Å²) < 4.78 is 0. The molecule has 2 nitrogen and oxygen atoms in total. The highest BCUT2D eigenvalue weighted by atomic mass is 32.1. The molecule has 88 valence electrons. The number of rotatable bonds is 8. The first-order chi connectivity index (χ1) is 7.13. The number of thiocarbonyl (C=S) groups is 1. The van der Waals surface area contributed by atoms with Crippen molar-refractivity contribution in [1.82, 2.24) is 4.90 Å². The lowest BCUT2D eigenvalue weighted by Crippen LogP contribution is -2.33. The van der Waals surface area contributed by atoms with Crippen LogP contribution in [0.3, 0.4) is 0 Å². The highest BCUT2D eigenvalue weighted by Crippen LogP contribution is 2.28. The highest BCUT2D eigenvalue weighted by Gasteiger charge is 2.29. The van der Waals surface area contributed by atoms with E-state index in [0.717, 1.165) is 24.9 Å². The first kappa shape index (κ1) is 12.9. The van der Waals surface area contributed by atoms with Crippen molar-refractivity contribution in [2.45, 2.75) is 52.0 Å². The molecule has 0 radical (unpaired) electrons. The maximum absolute atomic E-state index is 5.56. The Balaban J connectivity index is 2.26. The predicted molar refractivity (Wildman–Crippen MR) is 70.1 cm³/mol. The minimum Gasteiger partial charge on any atom is -0.393 e. The Bertz CT molecular complexity index is 202. The van der Waals surface area contributed by atoms with Crippen molar-refractivity contribution in [2.75, 3.05) is 13.1 Å². The van der Waals surface area contributed by atoms with Gasteiger partial charge in [-0.2, -0.15) is 0 Å². The largest absolute Gasteiger partial charge is 0.393 e. The van der Waals surface area contributed by atoms with Crippen LogP contribution in [-0.4, -0.2) is 29.0 Å². The average molecular weight is 228 g/mol. The summed E-state index contributed by atoms with van der Waals surface area (Å²) in [5.74, 6) is 0.807. The third kappa shape index (κ3) is 5.47. The zero-order chi connectivity index (χ0) is 11.3. The summed E-state index contributed by atoms with van der Waals surface area (Å²) in [6.07, 6.45) is 6.24. The monoisotopic (exact) mass is 228 g/mol. The van der Waals surface area contributed by atoms with Crippen LogP contribution >= 0.6 is 12.2 Å². The van der Waals surface area contributed by atoms with Gasteiger partial charge in [0.1, 0.15) is 0 Å². The van der Waals surface area contributed by atoms with E-state index in [1.54, 1.807) is 0 Å². The Morgan fingerprint density at radius 2 is 2.20 bits per heavy atom. The van der Waals surface area contributed by atoms with Crippen molar-refractivity contribution >= 4 is 17.2 Å². The Morgan fingerprint density at radius 1 is 1.53 bits per heavy atom. The molecule has 1 saturated carbocycles. The van der Waals surface area contributed by atoms with Crippen molar-refractivity contribution in [3.05, 3.63) is 0 Å². The molecule has 1 rings (SSSR count). The molecule has 0 aliphatic heterocycles. The summed E-state index contributed by atoms with van der Waals surface area (Å²) in [7, 11) is 0. The van der Waals surface area contributed by atoms with Gasteiger partial charge in [0.2, 0.25) is 0 Å². The maximum atomic E-state index is 5.56. The molecule has 0 bridgehead atoms. The van der Waals surface area contributed by atoms with Crippen LogP contribution in [0.5, 0.6) is 0 Å². The van der Waals surface area contributed by atoms with Crippen LogP contribution < -0.4 is 5.73 Å². The first-order valence-electron chi connectivity index (χ1n) is 6.15. The van der Waals surface area contributed by atoms with E-state index in [1.807, 2.05) is 0 Å². The average Bonchev–Trinajstić information content (AvgIpc) is 2.95. The predicted octanol–water partition coefficient (Wildman–Crippen LogP) is 2.56. The Hall–Kier alpha value is -0.150. The molecule has 15 heavy (non-hydrogen) atoms. The van der Waals surface area contributed by atoms with E-state index in [4.69, 9.17) is 18.0 Å². The van der Waals surface area contributed by atoms with Crippen molar-refractivity contribution in [3.63, 3.8) is 0 Å². The molecule has 0 aromatic rings. The van der Waals surface area contributed by atoms with Crippen molar-refractivity contribution in [3.8, 4) is 0 Å². The van der Waals surface area contributed by atoms with E-state index in [2.05, 4.69) is 18.7 Å². The molecule has 0 amide bonds. The lowest BCUT2D eigenvalue weighted by atomic mass is 10.1. The van der Waals surface area contributed by atoms with E-state index >= 15 is 0 Å². The molecular weight excluding hydrogens is 204 g/mol. The van der Waals surface area contributed by atoms with Gasteiger partial charge in [0.15, 0.2) is 0 Å². The molecule has 1 aliphatic rings. The van der Waals surface area contributed by atoms with Crippen LogP contribution in [0.25, 0.3) is 0 Å². The number of hydrogen-bond acceptors (Lipinski definition) is 2. The molecule has 0 heterocycles. The van der Waals surface area contributed by atoms with E-state index in [-0.39, 0.29) is 0 Å². The van der Waals surface area contributed by atoms with Crippen LogP contribution in [-0.2, 0) is 0 Å². The molecule has 1 aliphatic carbocycles.